The molecule has 2 aromatic rings. The molecule has 1 unspecified atom stereocenters. The summed E-state index contributed by atoms with van der Waals surface area (Å²) in [5.74, 6) is 1.92. The van der Waals surface area contributed by atoms with E-state index in [1.54, 1.807) is 14.2 Å². The largest absolute Gasteiger partial charge is 0.496 e. The van der Waals surface area contributed by atoms with Gasteiger partial charge in [-0.25, -0.2) is 0 Å². The van der Waals surface area contributed by atoms with Crippen molar-refractivity contribution < 1.29 is 9.47 Å². The predicted molar refractivity (Wildman–Crippen MR) is 98.4 cm³/mol. The van der Waals surface area contributed by atoms with Crippen LogP contribution in [0.15, 0.2) is 30.3 Å². The van der Waals surface area contributed by atoms with Crippen LogP contribution in [0.25, 0.3) is 0 Å². The number of hydrogen-bond donors (Lipinski definition) is 1. The minimum atomic E-state index is 0.429. The zero-order chi connectivity index (χ0) is 17.1. The van der Waals surface area contributed by atoms with Crippen molar-refractivity contribution in [1.82, 2.24) is 5.32 Å². The van der Waals surface area contributed by atoms with Crippen LogP contribution >= 0.6 is 11.6 Å². The van der Waals surface area contributed by atoms with E-state index in [-0.39, 0.29) is 0 Å². The predicted octanol–water partition coefficient (Wildman–Crippen LogP) is 4.31. The van der Waals surface area contributed by atoms with Gasteiger partial charge in [-0.3, -0.25) is 0 Å². The molecule has 24 heavy (non-hydrogen) atoms. The Morgan fingerprint density at radius 2 is 1.79 bits per heavy atom. The molecular formula is C20H24ClNO2. The van der Waals surface area contributed by atoms with Gasteiger partial charge in [0.15, 0.2) is 0 Å². The summed E-state index contributed by atoms with van der Waals surface area (Å²) >= 11 is 6.22. The normalized spacial score (nSPS) is 16.6. The summed E-state index contributed by atoms with van der Waals surface area (Å²) in [5, 5.41) is 4.49. The molecule has 0 aromatic heterocycles. The molecular weight excluding hydrogens is 322 g/mol. The van der Waals surface area contributed by atoms with Crippen molar-refractivity contribution in [3.8, 4) is 11.5 Å². The van der Waals surface area contributed by atoms with Gasteiger partial charge in [-0.05, 0) is 55.5 Å². The van der Waals surface area contributed by atoms with Crippen LogP contribution in [0.1, 0.15) is 28.7 Å². The lowest BCUT2D eigenvalue weighted by atomic mass is 9.87. The van der Waals surface area contributed by atoms with Crippen LogP contribution in [0.5, 0.6) is 11.5 Å². The molecule has 0 aliphatic heterocycles. The van der Waals surface area contributed by atoms with E-state index in [1.807, 2.05) is 25.1 Å². The number of hydrogen-bond acceptors (Lipinski definition) is 3. The third kappa shape index (κ3) is 3.52. The molecule has 0 heterocycles. The van der Waals surface area contributed by atoms with Crippen LogP contribution < -0.4 is 14.8 Å². The van der Waals surface area contributed by atoms with E-state index >= 15 is 0 Å². The molecule has 1 aliphatic carbocycles. The maximum atomic E-state index is 6.22. The van der Waals surface area contributed by atoms with Crippen molar-refractivity contribution in [2.75, 3.05) is 14.2 Å². The lowest BCUT2D eigenvalue weighted by Crippen LogP contribution is -2.34. The van der Waals surface area contributed by atoms with Gasteiger partial charge >= 0.3 is 0 Å². The Kier molecular flexibility index (Phi) is 5.32. The second kappa shape index (κ2) is 7.45. The zero-order valence-corrected chi connectivity index (χ0v) is 15.2. The number of methoxy groups -OCH3 is 2. The first-order chi connectivity index (χ1) is 11.6. The first-order valence-electron chi connectivity index (χ1n) is 8.33. The summed E-state index contributed by atoms with van der Waals surface area (Å²) in [5.41, 5.74) is 4.88. The maximum absolute atomic E-state index is 6.22. The highest BCUT2D eigenvalue weighted by atomic mass is 35.5. The number of nitrogens with one attached hydrogen (secondary N) is 1. The molecule has 1 aliphatic rings. The molecule has 0 bridgehead atoms. The topological polar surface area (TPSA) is 30.5 Å². The number of benzene rings is 2. The second-order valence-corrected chi connectivity index (χ2v) is 6.74. The molecule has 1 N–H and O–H groups in total. The van der Waals surface area contributed by atoms with E-state index < -0.39 is 0 Å². The summed E-state index contributed by atoms with van der Waals surface area (Å²) in [6.07, 6.45) is 3.05. The average molecular weight is 346 g/mol. The Balaban J connectivity index is 1.71. The molecule has 4 heteroatoms. The number of rotatable bonds is 5. The molecule has 0 saturated heterocycles. The Labute approximate surface area is 148 Å². The van der Waals surface area contributed by atoms with E-state index in [9.17, 15) is 0 Å². The average Bonchev–Trinajstić information content (AvgIpc) is 2.61. The maximum Gasteiger partial charge on any atom is 0.122 e. The van der Waals surface area contributed by atoms with Gasteiger partial charge in [0.1, 0.15) is 11.5 Å². The van der Waals surface area contributed by atoms with Crippen LogP contribution in [-0.2, 0) is 19.4 Å². The smallest absolute Gasteiger partial charge is 0.122 e. The summed E-state index contributed by atoms with van der Waals surface area (Å²) in [4.78, 5) is 0. The van der Waals surface area contributed by atoms with Gasteiger partial charge in [-0.1, -0.05) is 23.7 Å². The SMILES string of the molecule is COc1ccc(OC)c2c1CCC(NCc1ccc(C)c(Cl)c1)C2. The fourth-order valence-corrected chi connectivity index (χ4v) is 3.58. The van der Waals surface area contributed by atoms with Crippen LogP contribution in [0, 0.1) is 6.92 Å². The molecule has 1 atom stereocenters. The number of ether oxygens (including phenoxy) is 2. The molecule has 2 aromatic carbocycles. The van der Waals surface area contributed by atoms with Gasteiger partial charge in [0.25, 0.3) is 0 Å². The van der Waals surface area contributed by atoms with Gasteiger partial charge < -0.3 is 14.8 Å². The Morgan fingerprint density at radius 3 is 2.46 bits per heavy atom. The van der Waals surface area contributed by atoms with Crippen molar-refractivity contribution >= 4 is 11.6 Å². The van der Waals surface area contributed by atoms with Crippen molar-refractivity contribution in [3.05, 3.63) is 57.6 Å². The Morgan fingerprint density at radius 1 is 1.08 bits per heavy atom. The first-order valence-corrected chi connectivity index (χ1v) is 8.71. The van der Waals surface area contributed by atoms with Crippen molar-refractivity contribution in [1.29, 1.82) is 0 Å². The molecule has 0 amide bonds. The van der Waals surface area contributed by atoms with Crippen LogP contribution in [0.4, 0.5) is 0 Å². The van der Waals surface area contributed by atoms with Gasteiger partial charge in [0, 0.05) is 28.7 Å². The standard InChI is InChI=1S/C20H24ClNO2/c1-13-4-5-14(10-18(13)21)12-22-15-6-7-16-17(11-15)20(24-3)9-8-19(16)23-2/h4-5,8-10,15,22H,6-7,11-12H2,1-3H3. The Hall–Kier alpha value is -1.71. The van der Waals surface area contributed by atoms with Crippen molar-refractivity contribution in [3.63, 3.8) is 0 Å². The van der Waals surface area contributed by atoms with Gasteiger partial charge in [0.05, 0.1) is 14.2 Å². The fourth-order valence-electron chi connectivity index (χ4n) is 3.38. The second-order valence-electron chi connectivity index (χ2n) is 6.33. The quantitative estimate of drug-likeness (QED) is 0.875. The van der Waals surface area contributed by atoms with Gasteiger partial charge in [-0.2, -0.15) is 0 Å². The molecule has 0 fully saturated rings. The highest BCUT2D eigenvalue weighted by Crippen LogP contribution is 2.36. The third-order valence-corrected chi connectivity index (χ3v) is 5.22. The van der Waals surface area contributed by atoms with Crippen LogP contribution in [-0.4, -0.2) is 20.3 Å². The minimum Gasteiger partial charge on any atom is -0.496 e. The number of halogens is 1. The van der Waals surface area contributed by atoms with Crippen LogP contribution in [0.2, 0.25) is 5.02 Å². The lowest BCUT2D eigenvalue weighted by Gasteiger charge is -2.28. The van der Waals surface area contributed by atoms with Crippen molar-refractivity contribution in [2.45, 2.75) is 38.8 Å². The minimum absolute atomic E-state index is 0.429. The van der Waals surface area contributed by atoms with E-state index in [0.717, 1.165) is 47.9 Å². The molecule has 0 radical (unpaired) electrons. The first kappa shape index (κ1) is 17.1. The molecule has 0 saturated carbocycles. The molecule has 3 rings (SSSR count). The van der Waals surface area contributed by atoms with E-state index in [1.165, 1.54) is 16.7 Å². The number of fused-ring (bicyclic) bond motifs is 1. The van der Waals surface area contributed by atoms with E-state index in [0.29, 0.717) is 6.04 Å². The molecule has 0 spiro atoms. The highest BCUT2D eigenvalue weighted by Gasteiger charge is 2.24. The third-order valence-electron chi connectivity index (χ3n) is 4.81. The highest BCUT2D eigenvalue weighted by molar-refractivity contribution is 6.31. The number of aryl methyl sites for hydroxylation is 1. The summed E-state index contributed by atoms with van der Waals surface area (Å²) in [6.45, 7) is 2.85. The lowest BCUT2D eigenvalue weighted by molar-refractivity contribution is 0.376. The monoisotopic (exact) mass is 345 g/mol. The van der Waals surface area contributed by atoms with Crippen molar-refractivity contribution in [2.24, 2.45) is 0 Å². The van der Waals surface area contributed by atoms with E-state index in [4.69, 9.17) is 21.1 Å². The zero-order valence-electron chi connectivity index (χ0n) is 14.5. The van der Waals surface area contributed by atoms with E-state index in [2.05, 4.69) is 17.4 Å². The molecule has 3 nitrogen and oxygen atoms in total. The van der Waals surface area contributed by atoms with Gasteiger partial charge in [0.2, 0.25) is 0 Å². The fraction of sp³-hybridized carbons (Fsp3) is 0.400. The summed E-state index contributed by atoms with van der Waals surface area (Å²) < 4.78 is 11.1. The van der Waals surface area contributed by atoms with Gasteiger partial charge in [-0.15, -0.1) is 0 Å². The Bertz CT molecular complexity index is 730. The summed E-state index contributed by atoms with van der Waals surface area (Å²) in [6, 6.07) is 10.7. The van der Waals surface area contributed by atoms with Crippen LogP contribution in [0.3, 0.4) is 0 Å². The molecule has 128 valence electrons. The summed E-state index contributed by atoms with van der Waals surface area (Å²) in [7, 11) is 3.46.